The molecule has 0 heteroatoms. The predicted molar refractivity (Wildman–Crippen MR) is 75.8 cm³/mol. The van der Waals surface area contributed by atoms with Crippen molar-refractivity contribution in [3.05, 3.63) is 71.3 Å². The van der Waals surface area contributed by atoms with Crippen molar-refractivity contribution in [2.45, 2.75) is 20.8 Å². The molecule has 0 saturated carbocycles. The Morgan fingerprint density at radius 1 is 0.706 bits per heavy atom. The molecule has 86 valence electrons. The lowest BCUT2D eigenvalue weighted by Gasteiger charge is -2.09. The number of benzene rings is 2. The van der Waals surface area contributed by atoms with E-state index in [1.165, 1.54) is 27.8 Å². The first-order valence-corrected chi connectivity index (χ1v) is 5.98. The maximum atomic E-state index is 2.24. The molecule has 0 fully saturated rings. The van der Waals surface area contributed by atoms with Crippen molar-refractivity contribution < 1.29 is 0 Å². The summed E-state index contributed by atoms with van der Waals surface area (Å²) >= 11 is 0. The summed E-state index contributed by atoms with van der Waals surface area (Å²) < 4.78 is 0. The van der Waals surface area contributed by atoms with Crippen molar-refractivity contribution in [3.63, 3.8) is 0 Å². The normalized spacial score (nSPS) is 12.2. The van der Waals surface area contributed by atoms with Crippen LogP contribution in [0.25, 0.3) is 11.1 Å². The molecule has 2 aromatic rings. The van der Waals surface area contributed by atoms with Crippen molar-refractivity contribution in [2.75, 3.05) is 0 Å². The molecule has 0 spiro atoms. The highest BCUT2D eigenvalue weighted by molar-refractivity contribution is 5.88. The van der Waals surface area contributed by atoms with E-state index in [2.05, 4.69) is 75.4 Å². The first kappa shape index (κ1) is 11.7. The van der Waals surface area contributed by atoms with Crippen LogP contribution in [0.2, 0.25) is 0 Å². The van der Waals surface area contributed by atoms with Crippen molar-refractivity contribution >= 4 is 11.1 Å². The summed E-state index contributed by atoms with van der Waals surface area (Å²) in [6.07, 6.45) is 0. The SMILES string of the molecule is C/C(=C(\C)c1cccc(C)c1)c1ccccc1. The molecule has 0 amide bonds. The summed E-state index contributed by atoms with van der Waals surface area (Å²) in [5.41, 5.74) is 6.61. The van der Waals surface area contributed by atoms with Gasteiger partial charge in [-0.1, -0.05) is 60.2 Å². The van der Waals surface area contributed by atoms with Gasteiger partial charge in [-0.2, -0.15) is 0 Å². The standard InChI is InChI=1S/C17H18/c1-13-8-7-11-17(12-13)15(3)14(2)16-9-5-4-6-10-16/h4-12H,1-3H3/b15-14-. The zero-order valence-corrected chi connectivity index (χ0v) is 10.7. The molecular formula is C17H18. The first-order valence-electron chi connectivity index (χ1n) is 5.98. The van der Waals surface area contributed by atoms with Crippen molar-refractivity contribution in [3.8, 4) is 0 Å². The van der Waals surface area contributed by atoms with E-state index < -0.39 is 0 Å². The van der Waals surface area contributed by atoms with Gasteiger partial charge >= 0.3 is 0 Å². The van der Waals surface area contributed by atoms with Crippen LogP contribution in [0.1, 0.15) is 30.5 Å². The number of allylic oxidation sites excluding steroid dienone is 2. The van der Waals surface area contributed by atoms with E-state index in [1.807, 2.05) is 0 Å². The van der Waals surface area contributed by atoms with Crippen LogP contribution in [0.5, 0.6) is 0 Å². The highest BCUT2D eigenvalue weighted by Gasteiger charge is 2.02. The van der Waals surface area contributed by atoms with Gasteiger partial charge in [0.15, 0.2) is 0 Å². The number of hydrogen-bond donors (Lipinski definition) is 0. The van der Waals surface area contributed by atoms with Crippen molar-refractivity contribution in [2.24, 2.45) is 0 Å². The zero-order valence-electron chi connectivity index (χ0n) is 10.7. The summed E-state index contributed by atoms with van der Waals surface area (Å²) in [4.78, 5) is 0. The van der Waals surface area contributed by atoms with Crippen molar-refractivity contribution in [1.82, 2.24) is 0 Å². The summed E-state index contributed by atoms with van der Waals surface area (Å²) in [5, 5.41) is 0. The molecule has 2 rings (SSSR count). The Labute approximate surface area is 104 Å². The molecule has 0 atom stereocenters. The van der Waals surface area contributed by atoms with Crippen molar-refractivity contribution in [1.29, 1.82) is 0 Å². The van der Waals surface area contributed by atoms with Gasteiger partial charge in [0.05, 0.1) is 0 Å². The highest BCUT2D eigenvalue weighted by Crippen LogP contribution is 2.25. The van der Waals surface area contributed by atoms with Crippen LogP contribution >= 0.6 is 0 Å². The Hall–Kier alpha value is -1.82. The van der Waals surface area contributed by atoms with Gasteiger partial charge in [0.1, 0.15) is 0 Å². The Bertz CT molecular complexity index is 533. The van der Waals surface area contributed by atoms with E-state index in [-0.39, 0.29) is 0 Å². The van der Waals surface area contributed by atoms with Crippen LogP contribution < -0.4 is 0 Å². The average molecular weight is 222 g/mol. The third-order valence-electron chi connectivity index (χ3n) is 3.22. The third-order valence-corrected chi connectivity index (χ3v) is 3.22. The van der Waals surface area contributed by atoms with Crippen LogP contribution in [0.4, 0.5) is 0 Å². The second-order valence-electron chi connectivity index (χ2n) is 4.49. The second-order valence-corrected chi connectivity index (χ2v) is 4.49. The summed E-state index contributed by atoms with van der Waals surface area (Å²) in [6, 6.07) is 19.2. The maximum Gasteiger partial charge on any atom is -0.0222 e. The minimum absolute atomic E-state index is 1.30. The van der Waals surface area contributed by atoms with E-state index in [0.29, 0.717) is 0 Å². The molecule has 0 aliphatic rings. The van der Waals surface area contributed by atoms with Gasteiger partial charge < -0.3 is 0 Å². The fourth-order valence-corrected chi connectivity index (χ4v) is 2.00. The molecule has 0 bridgehead atoms. The average Bonchev–Trinajstić information content (AvgIpc) is 2.38. The number of rotatable bonds is 2. The topological polar surface area (TPSA) is 0 Å². The monoisotopic (exact) mass is 222 g/mol. The van der Waals surface area contributed by atoms with E-state index in [9.17, 15) is 0 Å². The fourth-order valence-electron chi connectivity index (χ4n) is 2.00. The van der Waals surface area contributed by atoms with Gasteiger partial charge in [0, 0.05) is 0 Å². The molecular weight excluding hydrogens is 204 g/mol. The van der Waals surface area contributed by atoms with Gasteiger partial charge in [0.25, 0.3) is 0 Å². The Balaban J connectivity index is 2.45. The van der Waals surface area contributed by atoms with Crippen LogP contribution in [0.15, 0.2) is 54.6 Å². The molecule has 17 heavy (non-hydrogen) atoms. The van der Waals surface area contributed by atoms with E-state index in [4.69, 9.17) is 0 Å². The quantitative estimate of drug-likeness (QED) is 0.631. The minimum Gasteiger partial charge on any atom is -0.0622 e. The Morgan fingerprint density at radius 3 is 1.94 bits per heavy atom. The second kappa shape index (κ2) is 5.01. The van der Waals surface area contributed by atoms with Crippen LogP contribution in [0.3, 0.4) is 0 Å². The molecule has 0 aliphatic carbocycles. The van der Waals surface area contributed by atoms with Crippen LogP contribution in [-0.2, 0) is 0 Å². The summed E-state index contributed by atoms with van der Waals surface area (Å²) in [6.45, 7) is 6.51. The zero-order chi connectivity index (χ0) is 12.3. The van der Waals surface area contributed by atoms with E-state index in [1.54, 1.807) is 0 Å². The third kappa shape index (κ3) is 2.65. The maximum absolute atomic E-state index is 2.24. The van der Waals surface area contributed by atoms with Crippen LogP contribution in [0, 0.1) is 6.92 Å². The van der Waals surface area contributed by atoms with Gasteiger partial charge in [-0.25, -0.2) is 0 Å². The van der Waals surface area contributed by atoms with Gasteiger partial charge in [-0.15, -0.1) is 0 Å². The molecule has 0 heterocycles. The lowest BCUT2D eigenvalue weighted by Crippen LogP contribution is -1.86. The summed E-state index contributed by atoms with van der Waals surface area (Å²) in [7, 11) is 0. The number of hydrogen-bond acceptors (Lipinski definition) is 0. The molecule has 0 radical (unpaired) electrons. The molecule has 0 unspecified atom stereocenters. The van der Waals surface area contributed by atoms with Gasteiger partial charge in [0.2, 0.25) is 0 Å². The Kier molecular flexibility index (Phi) is 3.43. The van der Waals surface area contributed by atoms with Gasteiger partial charge in [-0.05, 0) is 43.0 Å². The van der Waals surface area contributed by atoms with E-state index >= 15 is 0 Å². The lowest BCUT2D eigenvalue weighted by molar-refractivity contribution is 1.43. The first-order chi connectivity index (χ1) is 8.18. The molecule has 2 aromatic carbocycles. The smallest absolute Gasteiger partial charge is 0.0222 e. The summed E-state index contributed by atoms with van der Waals surface area (Å²) in [5.74, 6) is 0. The molecule has 0 saturated heterocycles. The Morgan fingerprint density at radius 2 is 1.29 bits per heavy atom. The largest absolute Gasteiger partial charge is 0.0622 e. The van der Waals surface area contributed by atoms with E-state index in [0.717, 1.165) is 0 Å². The molecule has 0 aromatic heterocycles. The molecule has 0 nitrogen and oxygen atoms in total. The fraction of sp³-hybridized carbons (Fsp3) is 0.176. The van der Waals surface area contributed by atoms with Crippen LogP contribution in [-0.4, -0.2) is 0 Å². The molecule has 0 aliphatic heterocycles. The lowest BCUT2D eigenvalue weighted by atomic mass is 9.96. The number of aryl methyl sites for hydroxylation is 1. The van der Waals surface area contributed by atoms with Gasteiger partial charge in [-0.3, -0.25) is 0 Å². The molecule has 0 N–H and O–H groups in total. The minimum atomic E-state index is 1.30. The highest BCUT2D eigenvalue weighted by atomic mass is 14.1. The predicted octanol–water partition coefficient (Wildman–Crippen LogP) is 4.95.